The molecule has 1 aliphatic heterocycles. The normalized spacial score (nSPS) is 14.0. The Bertz CT molecular complexity index is 1120. The molecule has 0 bridgehead atoms. The van der Waals surface area contributed by atoms with Crippen LogP contribution in [0.3, 0.4) is 0 Å². The summed E-state index contributed by atoms with van der Waals surface area (Å²) in [5.41, 5.74) is 5.52. The molecule has 2 aromatic carbocycles. The molecule has 4 rings (SSSR count). The molecule has 1 saturated heterocycles. The first-order valence-corrected chi connectivity index (χ1v) is 12.0. The molecule has 1 aliphatic rings. The largest absolute Gasteiger partial charge is 0.506 e. The maximum atomic E-state index is 10.3. The zero-order valence-corrected chi connectivity index (χ0v) is 21.5. The van der Waals surface area contributed by atoms with Crippen LogP contribution in [0.4, 0.5) is 23.5 Å². The molecule has 0 aliphatic carbocycles. The number of aromatic nitrogens is 3. The fraction of sp³-hybridized carbons (Fsp3) is 0.238. The van der Waals surface area contributed by atoms with Crippen molar-refractivity contribution in [3.63, 3.8) is 0 Å². The third kappa shape index (κ3) is 5.95. The van der Waals surface area contributed by atoms with Gasteiger partial charge in [-0.2, -0.15) is 20.1 Å². The lowest BCUT2D eigenvalue weighted by atomic mass is 10.2. The summed E-state index contributed by atoms with van der Waals surface area (Å²) >= 11 is 4.29. The van der Waals surface area contributed by atoms with Gasteiger partial charge in [-0.15, -0.1) is 0 Å². The van der Waals surface area contributed by atoms with Crippen LogP contribution in [0.5, 0.6) is 5.75 Å². The number of hydrazone groups is 1. The molecule has 3 aromatic rings. The van der Waals surface area contributed by atoms with Gasteiger partial charge in [0, 0.05) is 27.9 Å². The molecule has 1 fully saturated rings. The number of hydrogen-bond donors (Lipinski definition) is 3. The smallest absolute Gasteiger partial charge is 0.250 e. The van der Waals surface area contributed by atoms with Crippen LogP contribution in [-0.2, 0) is 4.74 Å². The van der Waals surface area contributed by atoms with Crippen molar-refractivity contribution >= 4 is 74.9 Å². The van der Waals surface area contributed by atoms with E-state index in [0.29, 0.717) is 49.7 Å². The molecule has 0 saturated carbocycles. The second-order valence-electron chi connectivity index (χ2n) is 7.07. The summed E-state index contributed by atoms with van der Waals surface area (Å²) in [4.78, 5) is 15.6. The minimum Gasteiger partial charge on any atom is -0.506 e. The first kappa shape index (κ1) is 22.9. The summed E-state index contributed by atoms with van der Waals surface area (Å²) in [6.07, 6.45) is 1.55. The van der Waals surface area contributed by atoms with E-state index in [2.05, 4.69) is 76.0 Å². The minimum atomic E-state index is 0.183. The third-order valence-electron chi connectivity index (χ3n) is 4.65. The van der Waals surface area contributed by atoms with Gasteiger partial charge in [0.1, 0.15) is 5.75 Å². The second kappa shape index (κ2) is 10.6. The van der Waals surface area contributed by atoms with Crippen molar-refractivity contribution in [3.8, 4) is 5.75 Å². The van der Waals surface area contributed by atoms with Gasteiger partial charge in [0.05, 0.1) is 23.0 Å². The summed E-state index contributed by atoms with van der Waals surface area (Å²) in [5, 5.41) is 17.7. The van der Waals surface area contributed by atoms with Crippen LogP contribution < -0.4 is 15.6 Å². The van der Waals surface area contributed by atoms with Crippen molar-refractivity contribution in [2.75, 3.05) is 41.9 Å². The number of hydrogen-bond acceptors (Lipinski definition) is 9. The monoisotopic (exact) mass is 657 g/mol. The highest BCUT2D eigenvalue weighted by Crippen LogP contribution is 2.26. The Hall–Kier alpha value is -2.26. The Morgan fingerprint density at radius 2 is 1.78 bits per heavy atom. The highest BCUT2D eigenvalue weighted by atomic mass is 127. The predicted octanol–water partition coefficient (Wildman–Crippen LogP) is 4.12. The Morgan fingerprint density at radius 3 is 2.53 bits per heavy atom. The first-order chi connectivity index (χ1) is 15.5. The fourth-order valence-corrected chi connectivity index (χ4v) is 4.87. The van der Waals surface area contributed by atoms with Crippen LogP contribution in [0.25, 0.3) is 0 Å². The van der Waals surface area contributed by atoms with E-state index in [9.17, 15) is 5.11 Å². The Labute approximate surface area is 213 Å². The van der Waals surface area contributed by atoms with E-state index in [-0.39, 0.29) is 5.75 Å². The van der Waals surface area contributed by atoms with E-state index in [1.165, 1.54) is 5.56 Å². The Kier molecular flexibility index (Phi) is 7.57. The van der Waals surface area contributed by atoms with Gasteiger partial charge in [-0.1, -0.05) is 17.7 Å². The highest BCUT2D eigenvalue weighted by Gasteiger charge is 2.17. The molecule has 1 aromatic heterocycles. The summed E-state index contributed by atoms with van der Waals surface area (Å²) < 4.78 is 7.21. The van der Waals surface area contributed by atoms with Crippen molar-refractivity contribution in [2.45, 2.75) is 6.92 Å². The molecule has 0 radical (unpaired) electrons. The number of nitrogens with one attached hydrogen (secondary N) is 2. The fourth-order valence-electron chi connectivity index (χ4n) is 2.99. The van der Waals surface area contributed by atoms with Crippen LogP contribution in [0.1, 0.15) is 11.1 Å². The molecule has 11 heteroatoms. The molecular formula is C21H21I2N7O2. The molecule has 0 atom stereocenters. The number of rotatable bonds is 6. The van der Waals surface area contributed by atoms with Crippen molar-refractivity contribution in [1.82, 2.24) is 15.0 Å². The maximum Gasteiger partial charge on any atom is 0.250 e. The molecule has 0 spiro atoms. The summed E-state index contributed by atoms with van der Waals surface area (Å²) in [6.45, 7) is 4.68. The number of nitrogens with zero attached hydrogens (tertiary/aromatic N) is 5. The van der Waals surface area contributed by atoms with Crippen molar-refractivity contribution in [2.24, 2.45) is 5.10 Å². The Balaban J connectivity index is 1.59. The molecule has 166 valence electrons. The van der Waals surface area contributed by atoms with Gasteiger partial charge in [-0.05, 0) is 76.4 Å². The molecule has 32 heavy (non-hydrogen) atoms. The van der Waals surface area contributed by atoms with Gasteiger partial charge in [0.25, 0.3) is 0 Å². The molecule has 0 amide bonds. The van der Waals surface area contributed by atoms with Crippen molar-refractivity contribution in [3.05, 3.63) is 54.7 Å². The molecule has 3 N–H and O–H groups in total. The standard InChI is InChI=1S/C21H21I2N7O2/c1-13-2-4-16(5-3-13)25-19-26-20(28-21(27-19)30-6-8-32-9-7-30)29-24-12-14-10-15(22)11-17(23)18(14)31/h2-5,10-12,31H,6-9H2,1H3,(H2,25,26,27,28,29)/b24-12+. The average molecular weight is 657 g/mol. The SMILES string of the molecule is Cc1ccc(Nc2nc(N/N=C/c3cc(I)cc(I)c3O)nc(N3CCOCC3)n2)cc1. The van der Waals surface area contributed by atoms with Gasteiger partial charge in [0.15, 0.2) is 0 Å². The number of morpholine rings is 1. The van der Waals surface area contributed by atoms with Gasteiger partial charge >= 0.3 is 0 Å². The van der Waals surface area contributed by atoms with E-state index in [1.807, 2.05) is 48.2 Å². The van der Waals surface area contributed by atoms with E-state index in [0.717, 1.165) is 12.8 Å². The second-order valence-corrected chi connectivity index (χ2v) is 9.48. The van der Waals surface area contributed by atoms with Crippen LogP contribution in [-0.4, -0.2) is 52.6 Å². The number of phenolic OH excluding ortho intramolecular Hbond substituents is 1. The topological polar surface area (TPSA) is 108 Å². The Morgan fingerprint density at radius 1 is 1.06 bits per heavy atom. The maximum absolute atomic E-state index is 10.3. The number of anilines is 4. The lowest BCUT2D eigenvalue weighted by Gasteiger charge is -2.27. The number of phenols is 1. The van der Waals surface area contributed by atoms with Gasteiger partial charge in [-0.25, -0.2) is 5.43 Å². The van der Waals surface area contributed by atoms with E-state index < -0.39 is 0 Å². The summed E-state index contributed by atoms with van der Waals surface area (Å²) in [5.74, 6) is 1.44. The van der Waals surface area contributed by atoms with Gasteiger partial charge in [0.2, 0.25) is 17.8 Å². The minimum absolute atomic E-state index is 0.183. The average Bonchev–Trinajstić information content (AvgIpc) is 2.79. The van der Waals surface area contributed by atoms with E-state index in [1.54, 1.807) is 6.21 Å². The first-order valence-electron chi connectivity index (χ1n) is 9.87. The number of aryl methyl sites for hydroxylation is 1. The van der Waals surface area contributed by atoms with Gasteiger partial charge < -0.3 is 20.1 Å². The summed E-state index contributed by atoms with van der Waals surface area (Å²) in [7, 11) is 0. The van der Waals surface area contributed by atoms with Crippen LogP contribution >= 0.6 is 45.2 Å². The highest BCUT2D eigenvalue weighted by molar-refractivity contribution is 14.1. The summed E-state index contributed by atoms with van der Waals surface area (Å²) in [6, 6.07) is 11.7. The van der Waals surface area contributed by atoms with Gasteiger partial charge in [-0.3, -0.25) is 0 Å². The lowest BCUT2D eigenvalue weighted by molar-refractivity contribution is 0.122. The number of benzene rings is 2. The zero-order valence-electron chi connectivity index (χ0n) is 17.2. The third-order valence-corrected chi connectivity index (χ3v) is 6.10. The molecule has 2 heterocycles. The predicted molar refractivity (Wildman–Crippen MR) is 142 cm³/mol. The number of ether oxygens (including phenoxy) is 1. The quantitative estimate of drug-likeness (QED) is 0.207. The number of halogens is 2. The number of aromatic hydroxyl groups is 1. The van der Waals surface area contributed by atoms with E-state index in [4.69, 9.17) is 4.74 Å². The van der Waals surface area contributed by atoms with E-state index >= 15 is 0 Å². The van der Waals surface area contributed by atoms with Crippen LogP contribution in [0.2, 0.25) is 0 Å². The van der Waals surface area contributed by atoms with Crippen molar-refractivity contribution in [1.29, 1.82) is 0 Å². The molecule has 0 unspecified atom stereocenters. The molecule has 9 nitrogen and oxygen atoms in total. The van der Waals surface area contributed by atoms with Crippen LogP contribution in [0, 0.1) is 14.1 Å². The lowest BCUT2D eigenvalue weighted by Crippen LogP contribution is -2.37. The molecular weight excluding hydrogens is 636 g/mol. The zero-order chi connectivity index (χ0) is 22.5. The van der Waals surface area contributed by atoms with Crippen LogP contribution in [0.15, 0.2) is 41.5 Å². The van der Waals surface area contributed by atoms with Crippen molar-refractivity contribution < 1.29 is 9.84 Å².